The third kappa shape index (κ3) is 4.53. The highest BCUT2D eigenvalue weighted by Gasteiger charge is 2.34. The van der Waals surface area contributed by atoms with E-state index in [0.717, 1.165) is 42.9 Å². The van der Waals surface area contributed by atoms with E-state index in [0.29, 0.717) is 29.8 Å². The number of nitrogens with zero attached hydrogens (tertiary/aromatic N) is 3. The van der Waals surface area contributed by atoms with Crippen LogP contribution in [0.5, 0.6) is 0 Å². The number of rotatable bonds is 6. The summed E-state index contributed by atoms with van der Waals surface area (Å²) < 4.78 is 11.8. The molecule has 1 saturated carbocycles. The van der Waals surface area contributed by atoms with E-state index < -0.39 is 0 Å². The third-order valence-electron chi connectivity index (χ3n) is 5.84. The summed E-state index contributed by atoms with van der Waals surface area (Å²) in [5, 5.41) is 2.98. The van der Waals surface area contributed by atoms with Crippen molar-refractivity contribution in [1.82, 2.24) is 15.3 Å². The molecule has 0 bridgehead atoms. The second kappa shape index (κ2) is 8.74. The first-order chi connectivity index (χ1) is 15.6. The van der Waals surface area contributed by atoms with E-state index in [1.165, 1.54) is 0 Å². The van der Waals surface area contributed by atoms with Crippen LogP contribution in [-0.4, -0.2) is 41.2 Å². The van der Waals surface area contributed by atoms with Gasteiger partial charge in [-0.05, 0) is 50.5 Å². The Balaban J connectivity index is 1.25. The molecule has 3 aromatic rings. The third-order valence-corrected chi connectivity index (χ3v) is 5.84. The number of carbonyl (C=O) groups excluding carboxylic acids is 1. The Morgan fingerprint density at radius 2 is 1.84 bits per heavy atom. The minimum atomic E-state index is -0.210. The quantitative estimate of drug-likeness (QED) is 0.630. The topological polar surface area (TPSA) is 80.5 Å². The fourth-order valence-electron chi connectivity index (χ4n) is 4.16. The number of anilines is 1. The van der Waals surface area contributed by atoms with Gasteiger partial charge in [0.2, 0.25) is 5.89 Å². The molecule has 1 aromatic carbocycles. The first kappa shape index (κ1) is 20.7. The van der Waals surface area contributed by atoms with Crippen molar-refractivity contribution in [3.05, 3.63) is 65.7 Å². The molecule has 7 heteroatoms. The van der Waals surface area contributed by atoms with E-state index in [1.54, 1.807) is 0 Å². The zero-order valence-corrected chi connectivity index (χ0v) is 18.5. The summed E-state index contributed by atoms with van der Waals surface area (Å²) in [6.45, 7) is 6.20. The maximum absolute atomic E-state index is 12.9. The normalized spacial score (nSPS) is 20.9. The monoisotopic (exact) mass is 432 g/mol. The van der Waals surface area contributed by atoms with Gasteiger partial charge in [-0.25, -0.2) is 9.97 Å². The Morgan fingerprint density at radius 1 is 1.09 bits per heavy atom. The Hall–Kier alpha value is -3.19. The van der Waals surface area contributed by atoms with Crippen LogP contribution in [0.25, 0.3) is 11.5 Å². The lowest BCUT2D eigenvalue weighted by Gasteiger charge is -2.36. The molecule has 1 N–H and O–H groups in total. The molecule has 1 amide bonds. The van der Waals surface area contributed by atoms with Crippen LogP contribution in [0, 0.1) is 0 Å². The number of benzene rings is 1. The van der Waals surface area contributed by atoms with Gasteiger partial charge in [0.15, 0.2) is 5.69 Å². The molecule has 2 fully saturated rings. The maximum atomic E-state index is 12.9. The standard InChI is InChI=1S/C25H28N4O3/c1-16-14-29(15-17(2)31-16)21-11-8-18(12-26-21)13-27-24(30)22-23(19-9-10-19)32-25(28-22)20-6-4-3-5-7-20/h3-8,11-12,16-17,19H,9-10,13-15H2,1-2H3,(H,27,30). The fourth-order valence-corrected chi connectivity index (χ4v) is 4.16. The van der Waals surface area contributed by atoms with Crippen molar-refractivity contribution >= 4 is 11.7 Å². The lowest BCUT2D eigenvalue weighted by molar-refractivity contribution is -0.00546. The number of ether oxygens (including phenoxy) is 1. The number of hydrogen-bond acceptors (Lipinski definition) is 6. The van der Waals surface area contributed by atoms with E-state index >= 15 is 0 Å². The van der Waals surface area contributed by atoms with Crippen LogP contribution in [0.15, 0.2) is 53.1 Å². The lowest BCUT2D eigenvalue weighted by atomic mass is 10.2. The second-order valence-electron chi connectivity index (χ2n) is 8.74. The molecule has 2 aromatic heterocycles. The molecule has 166 valence electrons. The van der Waals surface area contributed by atoms with Gasteiger partial charge in [0, 0.05) is 37.3 Å². The van der Waals surface area contributed by atoms with Gasteiger partial charge in [-0.3, -0.25) is 4.79 Å². The number of oxazole rings is 1. The SMILES string of the molecule is CC1CN(c2ccc(CNC(=O)c3nc(-c4ccccc4)oc3C3CC3)cn2)CC(C)O1. The smallest absolute Gasteiger partial charge is 0.273 e. The Morgan fingerprint density at radius 3 is 2.50 bits per heavy atom. The summed E-state index contributed by atoms with van der Waals surface area (Å²) in [4.78, 5) is 24.3. The van der Waals surface area contributed by atoms with E-state index in [4.69, 9.17) is 9.15 Å². The Kier molecular flexibility index (Phi) is 5.66. The Labute approximate surface area is 187 Å². The number of pyridine rings is 1. The van der Waals surface area contributed by atoms with Crippen molar-refractivity contribution in [2.75, 3.05) is 18.0 Å². The molecule has 5 rings (SSSR count). The number of amides is 1. The van der Waals surface area contributed by atoms with Gasteiger partial charge in [-0.2, -0.15) is 0 Å². The van der Waals surface area contributed by atoms with Crippen molar-refractivity contribution < 1.29 is 13.9 Å². The average molecular weight is 433 g/mol. The molecular weight excluding hydrogens is 404 g/mol. The van der Waals surface area contributed by atoms with Crippen molar-refractivity contribution in [3.8, 4) is 11.5 Å². The second-order valence-corrected chi connectivity index (χ2v) is 8.74. The predicted octanol–water partition coefficient (Wildman–Crippen LogP) is 4.16. The van der Waals surface area contributed by atoms with Crippen molar-refractivity contribution in [2.24, 2.45) is 0 Å². The fraction of sp³-hybridized carbons (Fsp3) is 0.400. The highest BCUT2D eigenvalue weighted by atomic mass is 16.5. The largest absolute Gasteiger partial charge is 0.440 e. The highest BCUT2D eigenvalue weighted by molar-refractivity contribution is 5.94. The summed E-state index contributed by atoms with van der Waals surface area (Å²) in [6.07, 6.45) is 4.26. The molecule has 32 heavy (non-hydrogen) atoms. The summed E-state index contributed by atoms with van der Waals surface area (Å²) in [7, 11) is 0. The van der Waals surface area contributed by atoms with Gasteiger partial charge in [0.05, 0.1) is 12.2 Å². The summed E-state index contributed by atoms with van der Waals surface area (Å²) in [6, 6.07) is 13.7. The number of carbonyl (C=O) groups is 1. The van der Waals surface area contributed by atoms with Crippen LogP contribution in [0.4, 0.5) is 5.82 Å². The minimum absolute atomic E-state index is 0.184. The molecule has 1 aliphatic heterocycles. The molecule has 2 unspecified atom stereocenters. The van der Waals surface area contributed by atoms with Gasteiger partial charge in [-0.15, -0.1) is 0 Å². The number of aromatic nitrogens is 2. The molecule has 0 radical (unpaired) electrons. The van der Waals surface area contributed by atoms with Crippen LogP contribution in [0.1, 0.15) is 54.4 Å². The molecule has 2 aliphatic rings. The molecule has 1 saturated heterocycles. The highest BCUT2D eigenvalue weighted by Crippen LogP contribution is 2.43. The van der Waals surface area contributed by atoms with Gasteiger partial charge >= 0.3 is 0 Å². The zero-order chi connectivity index (χ0) is 22.1. The van der Waals surface area contributed by atoms with Gasteiger partial charge in [0.1, 0.15) is 11.6 Å². The van der Waals surface area contributed by atoms with Crippen LogP contribution in [0.2, 0.25) is 0 Å². The first-order valence-electron chi connectivity index (χ1n) is 11.3. The predicted molar refractivity (Wildman–Crippen MR) is 122 cm³/mol. The van der Waals surface area contributed by atoms with Crippen LogP contribution >= 0.6 is 0 Å². The number of nitrogens with one attached hydrogen (secondary N) is 1. The summed E-state index contributed by atoms with van der Waals surface area (Å²) in [5.41, 5.74) is 2.21. The molecule has 0 spiro atoms. The minimum Gasteiger partial charge on any atom is -0.440 e. The van der Waals surface area contributed by atoms with Gasteiger partial charge in [-0.1, -0.05) is 24.3 Å². The van der Waals surface area contributed by atoms with E-state index in [-0.39, 0.29) is 18.1 Å². The molecule has 7 nitrogen and oxygen atoms in total. The number of hydrogen-bond donors (Lipinski definition) is 1. The first-order valence-corrected chi connectivity index (χ1v) is 11.3. The maximum Gasteiger partial charge on any atom is 0.273 e. The average Bonchev–Trinajstić information content (AvgIpc) is 3.55. The van der Waals surface area contributed by atoms with Crippen LogP contribution < -0.4 is 10.2 Å². The van der Waals surface area contributed by atoms with Crippen LogP contribution in [-0.2, 0) is 11.3 Å². The van der Waals surface area contributed by atoms with Gasteiger partial charge < -0.3 is 19.4 Å². The van der Waals surface area contributed by atoms with E-state index in [9.17, 15) is 4.79 Å². The van der Waals surface area contributed by atoms with E-state index in [2.05, 4.69) is 34.0 Å². The summed E-state index contributed by atoms with van der Waals surface area (Å²) >= 11 is 0. The zero-order valence-electron chi connectivity index (χ0n) is 18.5. The summed E-state index contributed by atoms with van der Waals surface area (Å²) in [5.74, 6) is 2.21. The van der Waals surface area contributed by atoms with Crippen LogP contribution in [0.3, 0.4) is 0 Å². The van der Waals surface area contributed by atoms with Crippen molar-refractivity contribution in [2.45, 2.75) is 51.4 Å². The van der Waals surface area contributed by atoms with Crippen molar-refractivity contribution in [3.63, 3.8) is 0 Å². The number of morpholine rings is 1. The van der Waals surface area contributed by atoms with Gasteiger partial charge in [0.25, 0.3) is 5.91 Å². The molecule has 3 heterocycles. The molecule has 1 aliphatic carbocycles. The lowest BCUT2D eigenvalue weighted by Crippen LogP contribution is -2.45. The molecule has 2 atom stereocenters. The van der Waals surface area contributed by atoms with Crippen molar-refractivity contribution in [1.29, 1.82) is 0 Å². The van der Waals surface area contributed by atoms with E-state index in [1.807, 2.05) is 48.7 Å². The molecular formula is C25H28N4O3. The Bertz CT molecular complexity index is 1070.